The van der Waals surface area contributed by atoms with E-state index in [0.717, 1.165) is 47.3 Å². The number of phenols is 1. The summed E-state index contributed by atoms with van der Waals surface area (Å²) in [6.45, 7) is 4.96. The van der Waals surface area contributed by atoms with Crippen molar-refractivity contribution in [2.45, 2.75) is 26.2 Å². The predicted molar refractivity (Wildman–Crippen MR) is 130 cm³/mol. The number of nitrogens with zero attached hydrogens (tertiary/aromatic N) is 1. The van der Waals surface area contributed by atoms with Crippen LogP contribution in [0.15, 0.2) is 72.8 Å². The van der Waals surface area contributed by atoms with Gasteiger partial charge in [0.25, 0.3) is 0 Å². The molecule has 4 rings (SSSR count). The van der Waals surface area contributed by atoms with Crippen LogP contribution in [0.4, 0.5) is 4.39 Å². The second kappa shape index (κ2) is 10.3. The quantitative estimate of drug-likeness (QED) is 0.380. The average molecular weight is 426 g/mol. The molecular formula is C29H28FNO. The number of halogens is 1. The van der Waals surface area contributed by atoms with Gasteiger partial charge in [0.15, 0.2) is 0 Å². The smallest absolute Gasteiger partial charge is 0.139 e. The highest BCUT2D eigenvalue weighted by Gasteiger charge is 2.15. The average Bonchev–Trinajstić information content (AvgIpc) is 3.33. The van der Waals surface area contributed by atoms with Crippen molar-refractivity contribution in [1.29, 1.82) is 0 Å². The third-order valence-corrected chi connectivity index (χ3v) is 5.92. The first-order chi connectivity index (χ1) is 15.7. The fourth-order valence-corrected chi connectivity index (χ4v) is 4.27. The van der Waals surface area contributed by atoms with Crippen molar-refractivity contribution in [2.75, 3.05) is 19.6 Å². The van der Waals surface area contributed by atoms with Crippen LogP contribution in [0, 0.1) is 17.7 Å². The number of benzene rings is 3. The number of phenolic OH excluding ortho intramolecular Hbond substituents is 1. The van der Waals surface area contributed by atoms with Crippen LogP contribution in [0.5, 0.6) is 5.75 Å². The van der Waals surface area contributed by atoms with Gasteiger partial charge in [0.2, 0.25) is 0 Å². The Labute approximate surface area is 190 Å². The summed E-state index contributed by atoms with van der Waals surface area (Å²) in [5.41, 5.74) is 5.37. The summed E-state index contributed by atoms with van der Waals surface area (Å²) in [6.07, 6.45) is 3.23. The molecule has 3 heteroatoms. The monoisotopic (exact) mass is 425 g/mol. The molecule has 3 aromatic rings. The van der Waals surface area contributed by atoms with Crippen molar-refractivity contribution >= 4 is 11.1 Å². The first-order valence-corrected chi connectivity index (χ1v) is 11.2. The highest BCUT2D eigenvalue weighted by Crippen LogP contribution is 2.35. The molecule has 0 radical (unpaired) electrons. The Morgan fingerprint density at radius 3 is 2.25 bits per heavy atom. The van der Waals surface area contributed by atoms with E-state index < -0.39 is 0 Å². The van der Waals surface area contributed by atoms with Gasteiger partial charge in [-0.1, -0.05) is 67.3 Å². The number of allylic oxidation sites excluding steroid dienone is 1. The first-order valence-electron chi connectivity index (χ1n) is 11.2. The van der Waals surface area contributed by atoms with Crippen LogP contribution in [0.3, 0.4) is 0 Å². The van der Waals surface area contributed by atoms with Crippen molar-refractivity contribution in [2.24, 2.45) is 0 Å². The fourth-order valence-electron chi connectivity index (χ4n) is 4.27. The zero-order chi connectivity index (χ0) is 22.3. The van der Waals surface area contributed by atoms with E-state index in [1.54, 1.807) is 24.3 Å². The zero-order valence-electron chi connectivity index (χ0n) is 18.4. The number of aromatic hydroxyl groups is 1. The van der Waals surface area contributed by atoms with Crippen LogP contribution >= 0.6 is 0 Å². The lowest BCUT2D eigenvalue weighted by Gasteiger charge is -2.17. The summed E-state index contributed by atoms with van der Waals surface area (Å²) >= 11 is 0. The van der Waals surface area contributed by atoms with Gasteiger partial charge in [-0.2, -0.15) is 0 Å². The molecule has 0 bridgehead atoms. The lowest BCUT2D eigenvalue weighted by atomic mass is 9.88. The second-order valence-corrected chi connectivity index (χ2v) is 8.10. The van der Waals surface area contributed by atoms with Crippen molar-refractivity contribution in [3.63, 3.8) is 0 Å². The summed E-state index contributed by atoms with van der Waals surface area (Å²) in [4.78, 5) is 2.30. The molecule has 0 unspecified atom stereocenters. The molecule has 1 aliphatic rings. The number of rotatable bonds is 5. The molecule has 0 atom stereocenters. The van der Waals surface area contributed by atoms with E-state index in [1.807, 2.05) is 36.4 Å². The Hall–Kier alpha value is -3.35. The van der Waals surface area contributed by atoms with E-state index in [4.69, 9.17) is 0 Å². The van der Waals surface area contributed by atoms with Crippen LogP contribution in [-0.2, 0) is 0 Å². The van der Waals surface area contributed by atoms with E-state index in [1.165, 1.54) is 12.8 Å². The second-order valence-electron chi connectivity index (χ2n) is 8.10. The summed E-state index contributed by atoms with van der Waals surface area (Å²) in [5.74, 6) is 6.04. The standard InChI is InChI=1S/C29H28FNO/c1-2-27(22-9-4-3-5-10-22)29(24-14-16-26(32)17-15-24)25-13-12-23(28(30)21-25)11-8-20-31-18-6-7-19-31/h3-5,9-10,12-17,21,32H,2,6-7,18-20H2,1H3/b29-27+. The van der Waals surface area contributed by atoms with Crippen molar-refractivity contribution in [3.05, 3.63) is 101 Å². The van der Waals surface area contributed by atoms with Gasteiger partial charge in [-0.3, -0.25) is 4.90 Å². The third-order valence-electron chi connectivity index (χ3n) is 5.92. The Kier molecular flexibility index (Phi) is 7.04. The lowest BCUT2D eigenvalue weighted by molar-refractivity contribution is 0.383. The fraction of sp³-hybridized carbons (Fsp3) is 0.241. The van der Waals surface area contributed by atoms with E-state index >= 15 is 4.39 Å². The predicted octanol–water partition coefficient (Wildman–Crippen LogP) is 6.35. The van der Waals surface area contributed by atoms with Gasteiger partial charge in [0.05, 0.1) is 12.1 Å². The molecule has 1 heterocycles. The minimum Gasteiger partial charge on any atom is -0.508 e. The van der Waals surface area contributed by atoms with E-state index in [-0.39, 0.29) is 11.6 Å². The maximum absolute atomic E-state index is 15.1. The van der Waals surface area contributed by atoms with Crippen LogP contribution in [0.25, 0.3) is 11.1 Å². The van der Waals surface area contributed by atoms with Crippen molar-refractivity contribution in [1.82, 2.24) is 4.90 Å². The van der Waals surface area contributed by atoms with Gasteiger partial charge < -0.3 is 5.11 Å². The van der Waals surface area contributed by atoms with Gasteiger partial charge in [0, 0.05) is 0 Å². The Morgan fingerprint density at radius 1 is 0.906 bits per heavy atom. The molecule has 32 heavy (non-hydrogen) atoms. The molecule has 1 N–H and O–H groups in total. The minimum atomic E-state index is -0.309. The molecule has 1 saturated heterocycles. The summed E-state index contributed by atoms with van der Waals surface area (Å²) in [5, 5.41) is 9.77. The normalized spacial score (nSPS) is 14.6. The van der Waals surface area contributed by atoms with Crippen molar-refractivity contribution in [3.8, 4) is 17.6 Å². The molecule has 0 aliphatic carbocycles. The molecular weight excluding hydrogens is 397 g/mol. The molecule has 1 fully saturated rings. The molecule has 162 valence electrons. The van der Waals surface area contributed by atoms with E-state index in [2.05, 4.69) is 35.8 Å². The van der Waals surface area contributed by atoms with Crippen molar-refractivity contribution < 1.29 is 9.50 Å². The maximum atomic E-state index is 15.1. The highest BCUT2D eigenvalue weighted by atomic mass is 19.1. The topological polar surface area (TPSA) is 23.5 Å². The van der Waals surface area contributed by atoms with Crippen LogP contribution < -0.4 is 0 Å². The molecule has 0 spiro atoms. The Balaban J connectivity index is 1.74. The van der Waals surface area contributed by atoms with Gasteiger partial charge in [-0.05, 0) is 84.5 Å². The molecule has 0 aromatic heterocycles. The summed E-state index contributed by atoms with van der Waals surface area (Å²) in [6, 6.07) is 22.6. The summed E-state index contributed by atoms with van der Waals surface area (Å²) < 4.78 is 15.1. The molecule has 2 nitrogen and oxygen atoms in total. The summed E-state index contributed by atoms with van der Waals surface area (Å²) in [7, 11) is 0. The number of hydrogen-bond acceptors (Lipinski definition) is 2. The van der Waals surface area contributed by atoms with Crippen LogP contribution in [-0.4, -0.2) is 29.6 Å². The zero-order valence-corrected chi connectivity index (χ0v) is 18.4. The Morgan fingerprint density at radius 2 is 1.59 bits per heavy atom. The molecule has 0 amide bonds. The van der Waals surface area contributed by atoms with E-state index in [9.17, 15) is 5.11 Å². The van der Waals surface area contributed by atoms with Gasteiger partial charge in [0.1, 0.15) is 11.6 Å². The van der Waals surface area contributed by atoms with Crippen LogP contribution in [0.1, 0.15) is 48.4 Å². The van der Waals surface area contributed by atoms with Gasteiger partial charge >= 0.3 is 0 Å². The number of likely N-dealkylation sites (tertiary alicyclic amines) is 1. The highest BCUT2D eigenvalue weighted by molar-refractivity contribution is 5.98. The molecule has 3 aromatic carbocycles. The molecule has 1 aliphatic heterocycles. The van der Waals surface area contributed by atoms with Crippen LogP contribution in [0.2, 0.25) is 0 Å². The Bertz CT molecular complexity index is 1150. The SMILES string of the molecule is CC/C(=C(/c1ccc(O)cc1)c1ccc(C#CCN2CCCC2)c(F)c1)c1ccccc1. The maximum Gasteiger partial charge on any atom is 0.139 e. The van der Waals surface area contributed by atoms with E-state index in [0.29, 0.717) is 12.1 Å². The lowest BCUT2D eigenvalue weighted by Crippen LogP contribution is -2.18. The first kappa shape index (κ1) is 21.9. The van der Waals surface area contributed by atoms with Gasteiger partial charge in [-0.25, -0.2) is 4.39 Å². The van der Waals surface area contributed by atoms with Gasteiger partial charge in [-0.15, -0.1) is 0 Å². The molecule has 0 saturated carbocycles. The number of hydrogen-bond donors (Lipinski definition) is 1. The third kappa shape index (κ3) is 5.10. The minimum absolute atomic E-state index is 0.209. The largest absolute Gasteiger partial charge is 0.508 e.